The molecule has 1 fully saturated rings. The Balaban J connectivity index is 1.78. The van der Waals surface area contributed by atoms with Crippen molar-refractivity contribution in [3.8, 4) is 0 Å². The molecule has 0 radical (unpaired) electrons. The van der Waals surface area contributed by atoms with E-state index in [1.54, 1.807) is 6.07 Å². The van der Waals surface area contributed by atoms with Crippen molar-refractivity contribution in [1.82, 2.24) is 10.2 Å². The fraction of sp³-hybridized carbons (Fsp3) is 0.562. The van der Waals surface area contributed by atoms with Crippen LogP contribution in [0.15, 0.2) is 22.7 Å². The van der Waals surface area contributed by atoms with Crippen molar-refractivity contribution in [2.45, 2.75) is 38.6 Å². The standard InChI is InChI=1S/C16H22BrFN2O/c1-12(14-6-5-13(17)11-15(14)18)19-8-7-16(21)20-9-3-2-4-10-20/h5-6,11-12,19H,2-4,7-10H2,1H3. The van der Waals surface area contributed by atoms with E-state index in [1.165, 1.54) is 12.5 Å². The number of carbonyl (C=O) groups is 1. The summed E-state index contributed by atoms with van der Waals surface area (Å²) in [6, 6.07) is 4.96. The molecule has 1 aromatic rings. The van der Waals surface area contributed by atoms with Crippen molar-refractivity contribution < 1.29 is 9.18 Å². The van der Waals surface area contributed by atoms with Gasteiger partial charge in [0.1, 0.15) is 5.82 Å². The first kappa shape index (κ1) is 16.4. The second kappa shape index (κ2) is 7.90. The van der Waals surface area contributed by atoms with Gasteiger partial charge < -0.3 is 10.2 Å². The average Bonchev–Trinajstić information content (AvgIpc) is 2.47. The topological polar surface area (TPSA) is 32.3 Å². The molecule has 1 amide bonds. The average molecular weight is 357 g/mol. The third kappa shape index (κ3) is 4.78. The monoisotopic (exact) mass is 356 g/mol. The highest BCUT2D eigenvalue weighted by atomic mass is 79.9. The molecule has 0 aliphatic carbocycles. The van der Waals surface area contributed by atoms with Gasteiger partial charge in [0.15, 0.2) is 0 Å². The second-order valence-electron chi connectivity index (χ2n) is 5.53. The Hall–Kier alpha value is -0.940. The molecule has 0 aromatic heterocycles. The number of carbonyl (C=O) groups excluding carboxylic acids is 1. The lowest BCUT2D eigenvalue weighted by Crippen LogP contribution is -2.37. The lowest BCUT2D eigenvalue weighted by molar-refractivity contribution is -0.132. The molecule has 0 bridgehead atoms. The Bertz CT molecular complexity index is 489. The molecule has 1 aliphatic heterocycles. The molecule has 1 aliphatic rings. The van der Waals surface area contributed by atoms with Crippen molar-refractivity contribution >= 4 is 21.8 Å². The van der Waals surface area contributed by atoms with Crippen LogP contribution in [0.25, 0.3) is 0 Å². The van der Waals surface area contributed by atoms with Crippen molar-refractivity contribution in [3.05, 3.63) is 34.1 Å². The van der Waals surface area contributed by atoms with Crippen molar-refractivity contribution in [2.24, 2.45) is 0 Å². The van der Waals surface area contributed by atoms with Crippen molar-refractivity contribution in [2.75, 3.05) is 19.6 Å². The molecule has 1 heterocycles. The third-order valence-electron chi connectivity index (χ3n) is 3.93. The molecule has 1 N–H and O–H groups in total. The Morgan fingerprint density at radius 3 is 2.76 bits per heavy atom. The van der Waals surface area contributed by atoms with Gasteiger partial charge >= 0.3 is 0 Å². The molecule has 116 valence electrons. The zero-order valence-corrected chi connectivity index (χ0v) is 14.0. The van der Waals surface area contributed by atoms with Gasteiger partial charge in [-0.15, -0.1) is 0 Å². The number of benzene rings is 1. The van der Waals surface area contributed by atoms with E-state index in [0.29, 0.717) is 18.5 Å². The molecule has 2 rings (SSSR count). The molecule has 1 saturated heterocycles. The van der Waals surface area contributed by atoms with E-state index >= 15 is 0 Å². The summed E-state index contributed by atoms with van der Waals surface area (Å²) in [7, 11) is 0. The van der Waals surface area contributed by atoms with Crippen molar-refractivity contribution in [3.63, 3.8) is 0 Å². The lowest BCUT2D eigenvalue weighted by atomic mass is 10.1. The van der Waals surface area contributed by atoms with Gasteiger partial charge in [0.05, 0.1) is 0 Å². The predicted molar refractivity (Wildman–Crippen MR) is 85.6 cm³/mol. The highest BCUT2D eigenvalue weighted by Gasteiger charge is 2.16. The summed E-state index contributed by atoms with van der Waals surface area (Å²) in [6.07, 6.45) is 3.92. The van der Waals surface area contributed by atoms with Crippen LogP contribution < -0.4 is 5.32 Å². The van der Waals surface area contributed by atoms with Crippen LogP contribution in [0, 0.1) is 5.82 Å². The van der Waals surface area contributed by atoms with Crippen LogP contribution in [0.2, 0.25) is 0 Å². The molecular formula is C16H22BrFN2O. The summed E-state index contributed by atoms with van der Waals surface area (Å²) in [5.74, 6) is -0.0302. The molecule has 5 heteroatoms. The highest BCUT2D eigenvalue weighted by Crippen LogP contribution is 2.20. The number of rotatable bonds is 5. The van der Waals surface area contributed by atoms with Crippen LogP contribution in [0.5, 0.6) is 0 Å². The van der Waals surface area contributed by atoms with E-state index in [1.807, 2.05) is 17.9 Å². The summed E-state index contributed by atoms with van der Waals surface area (Å²) >= 11 is 3.25. The summed E-state index contributed by atoms with van der Waals surface area (Å²) in [4.78, 5) is 14.0. The van der Waals surface area contributed by atoms with E-state index in [9.17, 15) is 9.18 Å². The minimum Gasteiger partial charge on any atom is -0.343 e. The van der Waals surface area contributed by atoms with Gasteiger partial charge in [0.25, 0.3) is 0 Å². The quantitative estimate of drug-likeness (QED) is 0.873. The Labute approximate surface area is 134 Å². The van der Waals surface area contributed by atoms with Crippen LogP contribution in [0.1, 0.15) is 44.2 Å². The predicted octanol–water partition coefficient (Wildman–Crippen LogP) is 3.64. The van der Waals surface area contributed by atoms with Gasteiger partial charge in [0, 0.05) is 42.1 Å². The summed E-state index contributed by atoms with van der Waals surface area (Å²) in [6.45, 7) is 4.26. The zero-order chi connectivity index (χ0) is 15.2. The smallest absolute Gasteiger partial charge is 0.223 e. The number of halogens is 2. The Kier molecular flexibility index (Phi) is 6.18. The fourth-order valence-electron chi connectivity index (χ4n) is 2.66. The van der Waals surface area contributed by atoms with Gasteiger partial charge in [-0.1, -0.05) is 22.0 Å². The van der Waals surface area contributed by atoms with Crippen LogP contribution in [-0.4, -0.2) is 30.4 Å². The number of hydrogen-bond donors (Lipinski definition) is 1. The first-order valence-electron chi connectivity index (χ1n) is 7.54. The largest absolute Gasteiger partial charge is 0.343 e. The highest BCUT2D eigenvalue weighted by molar-refractivity contribution is 9.10. The van der Waals surface area contributed by atoms with E-state index in [0.717, 1.165) is 30.4 Å². The molecule has 1 aromatic carbocycles. The van der Waals surface area contributed by atoms with E-state index in [-0.39, 0.29) is 17.8 Å². The Morgan fingerprint density at radius 1 is 1.38 bits per heavy atom. The van der Waals surface area contributed by atoms with Crippen molar-refractivity contribution in [1.29, 1.82) is 0 Å². The molecule has 21 heavy (non-hydrogen) atoms. The number of piperidine rings is 1. The normalized spacial score (nSPS) is 16.8. The van der Waals surface area contributed by atoms with Gasteiger partial charge in [0.2, 0.25) is 5.91 Å². The van der Waals surface area contributed by atoms with Crippen LogP contribution in [-0.2, 0) is 4.79 Å². The number of likely N-dealkylation sites (tertiary alicyclic amines) is 1. The third-order valence-corrected chi connectivity index (χ3v) is 4.42. The second-order valence-corrected chi connectivity index (χ2v) is 6.45. The summed E-state index contributed by atoms with van der Waals surface area (Å²) in [5, 5.41) is 3.23. The van der Waals surface area contributed by atoms with Gasteiger partial charge in [-0.2, -0.15) is 0 Å². The van der Waals surface area contributed by atoms with Crippen LogP contribution in [0.4, 0.5) is 4.39 Å². The molecule has 1 unspecified atom stereocenters. The zero-order valence-electron chi connectivity index (χ0n) is 12.4. The minimum absolute atomic E-state index is 0.104. The number of nitrogens with one attached hydrogen (secondary N) is 1. The first-order chi connectivity index (χ1) is 10.1. The number of hydrogen-bond acceptors (Lipinski definition) is 2. The van der Waals surface area contributed by atoms with E-state index in [2.05, 4.69) is 21.2 Å². The van der Waals surface area contributed by atoms with Crippen LogP contribution >= 0.6 is 15.9 Å². The SMILES string of the molecule is CC(NCCC(=O)N1CCCCC1)c1ccc(Br)cc1F. The molecule has 0 spiro atoms. The van der Waals surface area contributed by atoms with Crippen LogP contribution in [0.3, 0.4) is 0 Å². The van der Waals surface area contributed by atoms with E-state index < -0.39 is 0 Å². The minimum atomic E-state index is -0.230. The molecule has 1 atom stereocenters. The maximum atomic E-state index is 13.8. The summed E-state index contributed by atoms with van der Waals surface area (Å²) < 4.78 is 14.6. The van der Waals surface area contributed by atoms with Gasteiger partial charge in [-0.3, -0.25) is 4.79 Å². The molecule has 3 nitrogen and oxygen atoms in total. The lowest BCUT2D eigenvalue weighted by Gasteiger charge is -2.27. The Morgan fingerprint density at radius 2 is 2.10 bits per heavy atom. The maximum Gasteiger partial charge on any atom is 0.223 e. The van der Waals surface area contributed by atoms with E-state index in [4.69, 9.17) is 0 Å². The fourth-order valence-corrected chi connectivity index (χ4v) is 2.99. The first-order valence-corrected chi connectivity index (χ1v) is 8.33. The number of nitrogens with zero attached hydrogens (tertiary/aromatic N) is 1. The maximum absolute atomic E-state index is 13.8. The number of amides is 1. The summed E-state index contributed by atoms with van der Waals surface area (Å²) in [5.41, 5.74) is 0.628. The molecule has 0 saturated carbocycles. The van der Waals surface area contributed by atoms with Gasteiger partial charge in [-0.05, 0) is 38.3 Å². The van der Waals surface area contributed by atoms with Gasteiger partial charge in [-0.25, -0.2) is 4.39 Å². The molecular weight excluding hydrogens is 335 g/mol.